The molecule has 1 aromatic rings. The van der Waals surface area contributed by atoms with Crippen molar-refractivity contribution in [3.8, 4) is 6.19 Å². The number of nitriles is 1. The summed E-state index contributed by atoms with van der Waals surface area (Å²) in [6.07, 6.45) is 4.48. The van der Waals surface area contributed by atoms with Crippen molar-refractivity contribution < 1.29 is 4.79 Å². The topological polar surface area (TPSA) is 141 Å². The molecule has 10 heteroatoms. The van der Waals surface area contributed by atoms with E-state index in [-0.39, 0.29) is 11.9 Å². The van der Waals surface area contributed by atoms with Crippen molar-refractivity contribution in [2.45, 2.75) is 26.2 Å². The number of carbonyl (C=O) groups is 1. The summed E-state index contributed by atoms with van der Waals surface area (Å²) in [4.78, 5) is 23.1. The number of unbranched alkanes of at least 4 members (excludes halogenated alkanes) is 1. The molecule has 1 heterocycles. The maximum absolute atomic E-state index is 10.8. The Balaban J connectivity index is 2.32. The highest BCUT2D eigenvalue weighted by atomic mass is 32.1. The highest BCUT2D eigenvalue weighted by molar-refractivity contribution is 7.13. The molecule has 0 atom stereocenters. The largest absolute Gasteiger partial charge is 0.369 e. The van der Waals surface area contributed by atoms with Crippen LogP contribution in [0.2, 0.25) is 0 Å². The Bertz CT molecular complexity index is 616. The van der Waals surface area contributed by atoms with E-state index in [4.69, 9.17) is 11.0 Å². The van der Waals surface area contributed by atoms with E-state index in [0.717, 1.165) is 25.0 Å². The van der Waals surface area contributed by atoms with Gasteiger partial charge in [0, 0.05) is 25.9 Å². The van der Waals surface area contributed by atoms with Crippen molar-refractivity contribution in [2.75, 3.05) is 13.6 Å². The molecule has 9 nitrogen and oxygen atoms in total. The van der Waals surface area contributed by atoms with Crippen LogP contribution in [0.1, 0.15) is 25.5 Å². The van der Waals surface area contributed by atoms with Crippen molar-refractivity contribution in [3.05, 3.63) is 11.1 Å². The van der Waals surface area contributed by atoms with E-state index in [1.54, 1.807) is 7.05 Å². The Morgan fingerprint density at radius 2 is 2.30 bits per heavy atom. The zero-order chi connectivity index (χ0) is 17.1. The Labute approximate surface area is 138 Å². The van der Waals surface area contributed by atoms with Crippen molar-refractivity contribution in [1.29, 1.82) is 5.26 Å². The highest BCUT2D eigenvalue weighted by Crippen LogP contribution is 2.19. The minimum absolute atomic E-state index is 0.0407. The van der Waals surface area contributed by atoms with Gasteiger partial charge < -0.3 is 11.1 Å². The Morgan fingerprint density at radius 1 is 1.52 bits per heavy atom. The molecule has 0 aliphatic heterocycles. The second-order valence-electron chi connectivity index (χ2n) is 4.49. The van der Waals surface area contributed by atoms with E-state index < -0.39 is 0 Å². The summed E-state index contributed by atoms with van der Waals surface area (Å²) >= 11 is 1.37. The van der Waals surface area contributed by atoms with Crippen LogP contribution in [-0.4, -0.2) is 36.4 Å². The minimum atomic E-state index is -0.267. The Hall–Kier alpha value is -2.67. The molecule has 1 aromatic heterocycles. The molecule has 0 unspecified atom stereocenters. The van der Waals surface area contributed by atoms with Gasteiger partial charge in [0.2, 0.25) is 23.0 Å². The van der Waals surface area contributed by atoms with Crippen LogP contribution in [-0.2, 0) is 11.2 Å². The zero-order valence-electron chi connectivity index (χ0n) is 13.1. The van der Waals surface area contributed by atoms with Crippen LogP contribution in [0.3, 0.4) is 0 Å². The third kappa shape index (κ3) is 7.77. The Morgan fingerprint density at radius 3 is 2.96 bits per heavy atom. The molecular formula is C13H20N8OS. The average Bonchev–Trinajstić information content (AvgIpc) is 2.92. The predicted octanol–water partition coefficient (Wildman–Crippen LogP) is 0.194. The molecule has 23 heavy (non-hydrogen) atoms. The van der Waals surface area contributed by atoms with Crippen LogP contribution < -0.4 is 21.7 Å². The van der Waals surface area contributed by atoms with E-state index in [1.807, 2.05) is 11.6 Å². The van der Waals surface area contributed by atoms with E-state index in [9.17, 15) is 4.79 Å². The number of aliphatic imine (C=N–C) groups is 2. The fraction of sp³-hybridized carbons (Fsp3) is 0.462. The molecule has 0 aliphatic rings. The monoisotopic (exact) mass is 336 g/mol. The van der Waals surface area contributed by atoms with Crippen LogP contribution in [0.4, 0.5) is 5.13 Å². The summed E-state index contributed by atoms with van der Waals surface area (Å²) in [5.41, 5.74) is 6.49. The molecule has 0 saturated heterocycles. The normalized spacial score (nSPS) is 11.7. The molecule has 1 amide bonds. The summed E-state index contributed by atoms with van der Waals surface area (Å²) in [6.45, 7) is 2.08. The number of carbonyl (C=O) groups excluding carboxylic acids is 1. The first-order valence-electron chi connectivity index (χ1n) is 6.97. The van der Waals surface area contributed by atoms with Crippen LogP contribution in [0.25, 0.3) is 0 Å². The van der Waals surface area contributed by atoms with Gasteiger partial charge in [-0.3, -0.25) is 20.4 Å². The van der Waals surface area contributed by atoms with E-state index in [1.165, 1.54) is 18.3 Å². The molecule has 0 bridgehead atoms. The van der Waals surface area contributed by atoms with Gasteiger partial charge >= 0.3 is 0 Å². The summed E-state index contributed by atoms with van der Waals surface area (Å²) in [5, 5.41) is 18.8. The van der Waals surface area contributed by atoms with Gasteiger partial charge in [-0.1, -0.05) is 0 Å². The summed E-state index contributed by atoms with van der Waals surface area (Å²) in [5.74, 6) is 0.238. The predicted molar refractivity (Wildman–Crippen MR) is 90.3 cm³/mol. The van der Waals surface area contributed by atoms with Gasteiger partial charge in [0.15, 0.2) is 6.19 Å². The molecule has 0 radical (unpaired) electrons. The second-order valence-corrected chi connectivity index (χ2v) is 5.33. The van der Waals surface area contributed by atoms with Crippen molar-refractivity contribution in [2.24, 2.45) is 15.7 Å². The number of amides is 1. The van der Waals surface area contributed by atoms with Crippen LogP contribution >= 0.6 is 11.3 Å². The average molecular weight is 336 g/mol. The van der Waals surface area contributed by atoms with E-state index in [2.05, 4.69) is 30.9 Å². The SMILES string of the molecule is CN=C(NC#N)NCCCCc1csc(N=C(N)NC(C)=O)n1. The molecule has 0 saturated carbocycles. The highest BCUT2D eigenvalue weighted by Gasteiger charge is 2.03. The first kappa shape index (κ1) is 18.4. The van der Waals surface area contributed by atoms with Crippen LogP contribution in [0, 0.1) is 11.5 Å². The molecule has 0 fully saturated rings. The lowest BCUT2D eigenvalue weighted by molar-refractivity contribution is -0.117. The number of hydrogen-bond donors (Lipinski definition) is 4. The molecule has 124 valence electrons. The number of hydrogen-bond acceptors (Lipinski definition) is 6. The molecule has 0 aromatic carbocycles. The number of nitrogens with one attached hydrogen (secondary N) is 3. The summed E-state index contributed by atoms with van der Waals surface area (Å²) < 4.78 is 0. The van der Waals surface area contributed by atoms with Crippen molar-refractivity contribution in [1.82, 2.24) is 20.9 Å². The van der Waals surface area contributed by atoms with Gasteiger partial charge in [-0.2, -0.15) is 10.3 Å². The zero-order valence-corrected chi connectivity index (χ0v) is 13.9. The molecule has 5 N–H and O–H groups in total. The van der Waals surface area contributed by atoms with Gasteiger partial charge in [-0.15, -0.1) is 11.3 Å². The van der Waals surface area contributed by atoms with Gasteiger partial charge in [0.05, 0.1) is 5.69 Å². The lowest BCUT2D eigenvalue weighted by atomic mass is 10.2. The number of nitrogens with zero attached hydrogens (tertiary/aromatic N) is 4. The van der Waals surface area contributed by atoms with Crippen LogP contribution in [0.5, 0.6) is 0 Å². The minimum Gasteiger partial charge on any atom is -0.369 e. The number of aryl methyl sites for hydroxylation is 1. The smallest absolute Gasteiger partial charge is 0.223 e. The number of thiazole rings is 1. The number of guanidine groups is 2. The van der Waals surface area contributed by atoms with Crippen molar-refractivity contribution in [3.63, 3.8) is 0 Å². The fourth-order valence-corrected chi connectivity index (χ4v) is 2.38. The third-order valence-electron chi connectivity index (χ3n) is 2.61. The standard InChI is InChI=1S/C13H20N8OS/c1-9(22)19-11(15)21-13-20-10(7-23-13)5-3-4-6-17-12(16-2)18-8-14/h7H,3-6H2,1-2H3,(H2,16,17,18)(H3,15,19,20,21,22). The van der Waals surface area contributed by atoms with Gasteiger partial charge in [0.25, 0.3) is 0 Å². The van der Waals surface area contributed by atoms with Crippen molar-refractivity contribution >= 4 is 34.3 Å². The quantitative estimate of drug-likeness (QED) is 0.192. The molecular weight excluding hydrogens is 316 g/mol. The molecule has 1 rings (SSSR count). The summed E-state index contributed by atoms with van der Waals surface area (Å²) in [6, 6.07) is 0. The van der Waals surface area contributed by atoms with Gasteiger partial charge in [-0.25, -0.2) is 4.98 Å². The Kier molecular flexibility index (Phi) is 8.09. The first-order chi connectivity index (χ1) is 11.0. The third-order valence-corrected chi connectivity index (χ3v) is 3.39. The maximum atomic E-state index is 10.8. The molecule has 0 spiro atoms. The van der Waals surface area contributed by atoms with Gasteiger partial charge in [0.1, 0.15) is 0 Å². The van der Waals surface area contributed by atoms with Crippen LogP contribution in [0.15, 0.2) is 15.4 Å². The van der Waals surface area contributed by atoms with E-state index in [0.29, 0.717) is 17.6 Å². The lowest BCUT2D eigenvalue weighted by Gasteiger charge is -2.05. The number of nitrogens with two attached hydrogens (primary N) is 1. The maximum Gasteiger partial charge on any atom is 0.223 e. The fourth-order valence-electron chi connectivity index (χ4n) is 1.64. The number of rotatable bonds is 6. The molecule has 0 aliphatic carbocycles. The van der Waals surface area contributed by atoms with Gasteiger partial charge in [-0.05, 0) is 19.3 Å². The second kappa shape index (κ2) is 10.1. The number of aromatic nitrogens is 1. The first-order valence-corrected chi connectivity index (χ1v) is 7.85. The summed E-state index contributed by atoms with van der Waals surface area (Å²) in [7, 11) is 1.61. The lowest BCUT2D eigenvalue weighted by Crippen LogP contribution is -2.34. The van der Waals surface area contributed by atoms with E-state index >= 15 is 0 Å².